The first-order valence-electron chi connectivity index (χ1n) is 5.42. The van der Waals surface area contributed by atoms with Gasteiger partial charge in [-0.15, -0.1) is 0 Å². The molecule has 2 rings (SSSR count). The summed E-state index contributed by atoms with van der Waals surface area (Å²) in [7, 11) is 1.48. The molecule has 1 aromatic rings. The van der Waals surface area contributed by atoms with Crippen LogP contribution in [-0.2, 0) is 0 Å². The molecular formula is C12H16FNOS. The number of ether oxygens (including phenoxy) is 1. The van der Waals surface area contributed by atoms with Crippen molar-refractivity contribution >= 4 is 17.4 Å². The van der Waals surface area contributed by atoms with Crippen molar-refractivity contribution in [2.75, 3.05) is 18.2 Å². The predicted molar refractivity (Wildman–Crippen MR) is 66.9 cm³/mol. The van der Waals surface area contributed by atoms with Crippen LogP contribution in [-0.4, -0.2) is 24.2 Å². The maximum Gasteiger partial charge on any atom is 0.165 e. The van der Waals surface area contributed by atoms with Crippen LogP contribution in [0.4, 0.5) is 10.1 Å². The average Bonchev–Trinajstić information content (AvgIpc) is 2.67. The van der Waals surface area contributed by atoms with Gasteiger partial charge < -0.3 is 10.1 Å². The Morgan fingerprint density at radius 1 is 1.50 bits per heavy atom. The van der Waals surface area contributed by atoms with E-state index >= 15 is 0 Å². The highest BCUT2D eigenvalue weighted by Crippen LogP contribution is 2.30. The highest BCUT2D eigenvalue weighted by Gasteiger charge is 2.23. The molecule has 0 aromatic heterocycles. The molecule has 0 aliphatic carbocycles. The molecule has 0 radical (unpaired) electrons. The van der Waals surface area contributed by atoms with Crippen molar-refractivity contribution in [1.29, 1.82) is 0 Å². The van der Waals surface area contributed by atoms with Gasteiger partial charge in [-0.1, -0.05) is 6.92 Å². The van der Waals surface area contributed by atoms with E-state index < -0.39 is 0 Å². The summed E-state index contributed by atoms with van der Waals surface area (Å²) in [5.41, 5.74) is 0.928. The first-order chi connectivity index (χ1) is 7.70. The molecule has 1 saturated heterocycles. The summed E-state index contributed by atoms with van der Waals surface area (Å²) in [4.78, 5) is 0. The van der Waals surface area contributed by atoms with Crippen LogP contribution in [0.25, 0.3) is 0 Å². The third kappa shape index (κ3) is 2.43. The number of anilines is 1. The minimum absolute atomic E-state index is 0.295. The van der Waals surface area contributed by atoms with Gasteiger partial charge in [-0.05, 0) is 24.3 Å². The molecule has 4 heteroatoms. The summed E-state index contributed by atoms with van der Waals surface area (Å²) in [5, 5.41) is 4.03. The van der Waals surface area contributed by atoms with Crippen LogP contribution >= 0.6 is 11.8 Å². The van der Waals surface area contributed by atoms with E-state index in [-0.39, 0.29) is 5.82 Å². The standard InChI is InChI=1S/C12H16FNOS/c1-8-11(5-6-16-8)14-9-3-4-10(13)12(7-9)15-2/h3-4,7-8,11,14H,5-6H2,1-2H3. The molecule has 1 aliphatic rings. The van der Waals surface area contributed by atoms with E-state index in [1.807, 2.05) is 11.8 Å². The molecule has 2 atom stereocenters. The third-order valence-corrected chi connectivity index (χ3v) is 4.21. The second kappa shape index (κ2) is 4.95. The van der Waals surface area contributed by atoms with Crippen molar-refractivity contribution in [3.05, 3.63) is 24.0 Å². The second-order valence-electron chi connectivity index (χ2n) is 3.96. The minimum atomic E-state index is -0.318. The van der Waals surface area contributed by atoms with Crippen LogP contribution in [0.2, 0.25) is 0 Å². The Hall–Kier alpha value is -0.900. The van der Waals surface area contributed by atoms with E-state index in [9.17, 15) is 4.39 Å². The summed E-state index contributed by atoms with van der Waals surface area (Å²) in [5.74, 6) is 1.17. The van der Waals surface area contributed by atoms with Crippen molar-refractivity contribution in [3.63, 3.8) is 0 Å². The largest absolute Gasteiger partial charge is 0.494 e. The van der Waals surface area contributed by atoms with Gasteiger partial charge in [-0.3, -0.25) is 0 Å². The molecule has 16 heavy (non-hydrogen) atoms. The van der Waals surface area contributed by atoms with Crippen LogP contribution in [0.1, 0.15) is 13.3 Å². The zero-order valence-corrected chi connectivity index (χ0v) is 10.3. The Morgan fingerprint density at radius 3 is 2.94 bits per heavy atom. The molecule has 1 heterocycles. The van der Waals surface area contributed by atoms with Gasteiger partial charge in [0.25, 0.3) is 0 Å². The molecule has 2 nitrogen and oxygen atoms in total. The number of nitrogens with one attached hydrogen (secondary N) is 1. The Balaban J connectivity index is 2.09. The highest BCUT2D eigenvalue weighted by atomic mass is 32.2. The van der Waals surface area contributed by atoms with Crippen molar-refractivity contribution in [2.24, 2.45) is 0 Å². The van der Waals surface area contributed by atoms with E-state index in [2.05, 4.69) is 12.2 Å². The molecule has 1 aliphatic heterocycles. The van der Waals surface area contributed by atoms with Crippen molar-refractivity contribution in [3.8, 4) is 5.75 Å². The predicted octanol–water partition coefficient (Wildman–Crippen LogP) is 3.14. The lowest BCUT2D eigenvalue weighted by atomic mass is 10.1. The Morgan fingerprint density at radius 2 is 2.31 bits per heavy atom. The molecule has 0 bridgehead atoms. The SMILES string of the molecule is COc1cc(NC2CCSC2C)ccc1F. The summed E-state index contributed by atoms with van der Waals surface area (Å²) in [6, 6.07) is 5.38. The first-order valence-corrected chi connectivity index (χ1v) is 6.47. The zero-order valence-electron chi connectivity index (χ0n) is 9.50. The summed E-state index contributed by atoms with van der Waals surface area (Å²) < 4.78 is 18.2. The van der Waals surface area contributed by atoms with Gasteiger partial charge in [0, 0.05) is 23.0 Å². The summed E-state index contributed by atoms with van der Waals surface area (Å²) >= 11 is 1.97. The van der Waals surface area contributed by atoms with E-state index in [4.69, 9.17) is 4.74 Å². The lowest BCUT2D eigenvalue weighted by Gasteiger charge is -2.18. The van der Waals surface area contributed by atoms with Gasteiger partial charge in [0.1, 0.15) is 0 Å². The normalized spacial score (nSPS) is 24.4. The molecule has 0 saturated carbocycles. The van der Waals surface area contributed by atoms with E-state index in [1.54, 1.807) is 12.1 Å². The number of methoxy groups -OCH3 is 1. The molecule has 88 valence electrons. The quantitative estimate of drug-likeness (QED) is 0.878. The third-order valence-electron chi connectivity index (χ3n) is 2.88. The van der Waals surface area contributed by atoms with E-state index in [0.29, 0.717) is 17.0 Å². The fourth-order valence-electron chi connectivity index (χ4n) is 1.88. The lowest BCUT2D eigenvalue weighted by Crippen LogP contribution is -2.24. The zero-order chi connectivity index (χ0) is 11.5. The molecular weight excluding hydrogens is 225 g/mol. The molecule has 1 N–H and O–H groups in total. The van der Waals surface area contributed by atoms with E-state index in [0.717, 1.165) is 12.1 Å². The fourth-order valence-corrected chi connectivity index (χ4v) is 3.08. The smallest absolute Gasteiger partial charge is 0.165 e. The lowest BCUT2D eigenvalue weighted by molar-refractivity contribution is 0.386. The molecule has 0 spiro atoms. The second-order valence-corrected chi connectivity index (χ2v) is 5.45. The van der Waals surface area contributed by atoms with Gasteiger partial charge in [-0.25, -0.2) is 4.39 Å². The van der Waals surface area contributed by atoms with Crippen LogP contribution in [0.15, 0.2) is 18.2 Å². The van der Waals surface area contributed by atoms with Gasteiger partial charge in [0.05, 0.1) is 7.11 Å². The number of hydrogen-bond donors (Lipinski definition) is 1. The number of hydrogen-bond acceptors (Lipinski definition) is 3. The van der Waals surface area contributed by atoms with Crippen molar-refractivity contribution in [1.82, 2.24) is 0 Å². The van der Waals surface area contributed by atoms with Gasteiger partial charge >= 0.3 is 0 Å². The minimum Gasteiger partial charge on any atom is -0.494 e. The van der Waals surface area contributed by atoms with Crippen LogP contribution in [0.3, 0.4) is 0 Å². The number of benzene rings is 1. The highest BCUT2D eigenvalue weighted by molar-refractivity contribution is 8.00. The molecule has 2 unspecified atom stereocenters. The Labute approximate surface area is 99.6 Å². The van der Waals surface area contributed by atoms with Crippen molar-refractivity contribution in [2.45, 2.75) is 24.6 Å². The van der Waals surface area contributed by atoms with Gasteiger partial charge in [0.15, 0.2) is 11.6 Å². The average molecular weight is 241 g/mol. The van der Waals surface area contributed by atoms with Crippen LogP contribution in [0.5, 0.6) is 5.75 Å². The van der Waals surface area contributed by atoms with Gasteiger partial charge in [0.2, 0.25) is 0 Å². The molecule has 1 aromatic carbocycles. The van der Waals surface area contributed by atoms with E-state index in [1.165, 1.54) is 18.9 Å². The number of rotatable bonds is 3. The maximum absolute atomic E-state index is 13.2. The Kier molecular flexibility index (Phi) is 3.59. The van der Waals surface area contributed by atoms with Crippen molar-refractivity contribution < 1.29 is 9.13 Å². The topological polar surface area (TPSA) is 21.3 Å². The fraction of sp³-hybridized carbons (Fsp3) is 0.500. The molecule has 0 amide bonds. The number of halogens is 1. The number of thioether (sulfide) groups is 1. The van der Waals surface area contributed by atoms with Crippen LogP contribution < -0.4 is 10.1 Å². The van der Waals surface area contributed by atoms with Crippen LogP contribution in [0, 0.1) is 5.82 Å². The maximum atomic E-state index is 13.2. The monoisotopic (exact) mass is 241 g/mol. The molecule has 1 fully saturated rings. The van der Waals surface area contributed by atoms with Gasteiger partial charge in [-0.2, -0.15) is 11.8 Å². The summed E-state index contributed by atoms with van der Waals surface area (Å²) in [6.07, 6.45) is 1.16. The summed E-state index contributed by atoms with van der Waals surface area (Å²) in [6.45, 7) is 2.22. The Bertz CT molecular complexity index is 372. The first kappa shape index (κ1) is 11.6.